The van der Waals surface area contributed by atoms with E-state index in [1.54, 1.807) is 18.2 Å². The third-order valence-corrected chi connectivity index (χ3v) is 4.54. The van der Waals surface area contributed by atoms with E-state index in [0.29, 0.717) is 5.69 Å². The van der Waals surface area contributed by atoms with Crippen LogP contribution in [-0.2, 0) is 10.0 Å². The van der Waals surface area contributed by atoms with E-state index in [1.165, 1.54) is 37.1 Å². The van der Waals surface area contributed by atoms with Gasteiger partial charge >= 0.3 is 5.97 Å². The van der Waals surface area contributed by atoms with Crippen LogP contribution in [-0.4, -0.2) is 47.7 Å². The maximum Gasteiger partial charge on any atom is 0.356 e. The zero-order chi connectivity index (χ0) is 14.9. The summed E-state index contributed by atoms with van der Waals surface area (Å²) in [6.07, 6.45) is 1.41. The van der Waals surface area contributed by atoms with Gasteiger partial charge in [0.15, 0.2) is 5.69 Å². The van der Waals surface area contributed by atoms with Crippen molar-refractivity contribution in [3.05, 3.63) is 42.2 Å². The fraction of sp³-hybridized carbons (Fsp3) is 0.167. The molecule has 0 atom stereocenters. The second-order valence-electron chi connectivity index (χ2n) is 4.21. The van der Waals surface area contributed by atoms with E-state index in [4.69, 9.17) is 5.11 Å². The third-order valence-electron chi connectivity index (χ3n) is 2.68. The molecule has 0 amide bonds. The molecule has 0 saturated carbocycles. The number of carboxylic acids is 1. The number of sulfonamides is 1. The van der Waals surface area contributed by atoms with E-state index in [2.05, 4.69) is 5.10 Å². The normalized spacial score (nSPS) is 11.8. The molecule has 1 N–H and O–H groups in total. The SMILES string of the molecule is CN(C)S(=O)(=O)c1ccccc1-n1ccc(C(=O)O)n1. The molecule has 2 rings (SSSR count). The number of carbonyl (C=O) groups is 1. The number of aromatic nitrogens is 2. The van der Waals surface area contributed by atoms with Crippen molar-refractivity contribution in [1.82, 2.24) is 14.1 Å². The minimum atomic E-state index is -3.64. The highest BCUT2D eigenvalue weighted by atomic mass is 32.2. The maximum atomic E-state index is 12.2. The van der Waals surface area contributed by atoms with Crippen molar-refractivity contribution in [2.24, 2.45) is 0 Å². The molecule has 7 nitrogen and oxygen atoms in total. The van der Waals surface area contributed by atoms with Crippen LogP contribution in [0.2, 0.25) is 0 Å². The van der Waals surface area contributed by atoms with Crippen LogP contribution < -0.4 is 0 Å². The first kappa shape index (κ1) is 14.2. The first-order valence-electron chi connectivity index (χ1n) is 5.65. The summed E-state index contributed by atoms with van der Waals surface area (Å²) in [4.78, 5) is 10.9. The smallest absolute Gasteiger partial charge is 0.356 e. The maximum absolute atomic E-state index is 12.2. The van der Waals surface area contributed by atoms with Gasteiger partial charge in [-0.25, -0.2) is 22.2 Å². The van der Waals surface area contributed by atoms with Crippen LogP contribution in [0.25, 0.3) is 5.69 Å². The van der Waals surface area contributed by atoms with Crippen LogP contribution in [0.15, 0.2) is 41.4 Å². The van der Waals surface area contributed by atoms with Crippen LogP contribution >= 0.6 is 0 Å². The van der Waals surface area contributed by atoms with Gasteiger partial charge in [-0.1, -0.05) is 12.1 Å². The molecule has 0 spiro atoms. The molecule has 2 aromatic rings. The Bertz CT molecular complexity index is 750. The zero-order valence-electron chi connectivity index (χ0n) is 10.9. The average molecular weight is 295 g/mol. The Balaban J connectivity index is 2.61. The highest BCUT2D eigenvalue weighted by Crippen LogP contribution is 2.21. The van der Waals surface area contributed by atoms with Crippen molar-refractivity contribution in [3.63, 3.8) is 0 Å². The summed E-state index contributed by atoms with van der Waals surface area (Å²) < 4.78 is 26.8. The Kier molecular flexibility index (Phi) is 3.60. The minimum absolute atomic E-state index is 0.0602. The summed E-state index contributed by atoms with van der Waals surface area (Å²) in [5, 5.41) is 12.7. The van der Waals surface area contributed by atoms with E-state index in [0.717, 1.165) is 4.31 Å². The van der Waals surface area contributed by atoms with Gasteiger partial charge in [0, 0.05) is 20.3 Å². The first-order valence-corrected chi connectivity index (χ1v) is 7.09. The van der Waals surface area contributed by atoms with Crippen molar-refractivity contribution in [2.75, 3.05) is 14.1 Å². The van der Waals surface area contributed by atoms with Crippen LogP contribution in [0, 0.1) is 0 Å². The lowest BCUT2D eigenvalue weighted by molar-refractivity contribution is 0.0690. The molecular weight excluding hydrogens is 282 g/mol. The van der Waals surface area contributed by atoms with Crippen molar-refractivity contribution in [3.8, 4) is 5.69 Å². The molecule has 0 aliphatic carbocycles. The number of benzene rings is 1. The number of rotatable bonds is 4. The molecule has 106 valence electrons. The van der Waals surface area contributed by atoms with Gasteiger partial charge in [0.2, 0.25) is 10.0 Å². The minimum Gasteiger partial charge on any atom is -0.476 e. The van der Waals surface area contributed by atoms with E-state index in [1.807, 2.05) is 0 Å². The average Bonchev–Trinajstić information content (AvgIpc) is 2.88. The molecule has 20 heavy (non-hydrogen) atoms. The lowest BCUT2D eigenvalue weighted by atomic mass is 10.3. The number of carboxylic acid groups (broad SMARTS) is 1. The molecule has 1 aromatic carbocycles. The quantitative estimate of drug-likeness (QED) is 0.901. The highest BCUT2D eigenvalue weighted by molar-refractivity contribution is 7.89. The fourth-order valence-electron chi connectivity index (χ4n) is 1.63. The molecular formula is C12H13N3O4S. The van der Waals surface area contributed by atoms with Crippen molar-refractivity contribution < 1.29 is 18.3 Å². The number of aromatic carboxylic acids is 1. The van der Waals surface area contributed by atoms with Gasteiger partial charge in [0.05, 0.1) is 5.69 Å². The van der Waals surface area contributed by atoms with Crippen LogP contribution in [0.3, 0.4) is 0 Å². The number of nitrogens with zero attached hydrogens (tertiary/aromatic N) is 3. The fourth-order valence-corrected chi connectivity index (χ4v) is 2.70. The molecule has 0 saturated heterocycles. The second kappa shape index (κ2) is 5.06. The van der Waals surface area contributed by atoms with Gasteiger partial charge in [-0.3, -0.25) is 0 Å². The molecule has 0 bridgehead atoms. The van der Waals surface area contributed by atoms with Crippen molar-refractivity contribution in [2.45, 2.75) is 4.90 Å². The van der Waals surface area contributed by atoms with Crippen LogP contribution in [0.4, 0.5) is 0 Å². The second-order valence-corrected chi connectivity index (χ2v) is 6.33. The lowest BCUT2D eigenvalue weighted by Crippen LogP contribution is -2.23. The number of hydrogen-bond acceptors (Lipinski definition) is 4. The molecule has 0 fully saturated rings. The van der Waals surface area contributed by atoms with Gasteiger partial charge in [-0.15, -0.1) is 0 Å². The predicted molar refractivity (Wildman–Crippen MR) is 71.4 cm³/mol. The molecule has 1 heterocycles. The Labute approximate surface area is 116 Å². The van der Waals surface area contributed by atoms with Crippen molar-refractivity contribution in [1.29, 1.82) is 0 Å². The van der Waals surface area contributed by atoms with Gasteiger partial charge in [-0.05, 0) is 18.2 Å². The summed E-state index contributed by atoms with van der Waals surface area (Å²) in [6, 6.07) is 7.58. The first-order chi connectivity index (χ1) is 9.34. The molecule has 0 unspecified atom stereocenters. The molecule has 8 heteroatoms. The van der Waals surface area contributed by atoms with E-state index >= 15 is 0 Å². The van der Waals surface area contributed by atoms with Crippen LogP contribution in [0.1, 0.15) is 10.5 Å². The standard InChI is InChI=1S/C12H13N3O4S/c1-14(2)20(18,19)11-6-4-3-5-10(11)15-8-7-9(13-15)12(16)17/h3-8H,1-2H3,(H,16,17). The Morgan fingerprint density at radius 2 is 1.90 bits per heavy atom. The summed E-state index contributed by atoms with van der Waals surface area (Å²) >= 11 is 0. The Morgan fingerprint density at radius 3 is 2.45 bits per heavy atom. The number of hydrogen-bond donors (Lipinski definition) is 1. The molecule has 0 radical (unpaired) electrons. The topological polar surface area (TPSA) is 92.5 Å². The summed E-state index contributed by atoms with van der Waals surface area (Å²) in [5.74, 6) is -1.17. The molecule has 1 aromatic heterocycles. The summed E-state index contributed by atoms with van der Waals surface area (Å²) in [6.45, 7) is 0. The number of para-hydroxylation sites is 1. The Hall–Kier alpha value is -2.19. The van der Waals surface area contributed by atoms with E-state index < -0.39 is 16.0 Å². The summed E-state index contributed by atoms with van der Waals surface area (Å²) in [5.41, 5.74) is 0.149. The van der Waals surface area contributed by atoms with Gasteiger partial charge in [-0.2, -0.15) is 5.10 Å². The molecule has 0 aliphatic rings. The third kappa shape index (κ3) is 2.43. The Morgan fingerprint density at radius 1 is 1.25 bits per heavy atom. The van der Waals surface area contributed by atoms with Gasteiger partial charge in [0.1, 0.15) is 4.90 Å². The van der Waals surface area contributed by atoms with Gasteiger partial charge in [0.25, 0.3) is 0 Å². The van der Waals surface area contributed by atoms with Gasteiger partial charge < -0.3 is 5.11 Å². The summed E-state index contributed by atoms with van der Waals surface area (Å²) in [7, 11) is -0.785. The zero-order valence-corrected chi connectivity index (χ0v) is 11.7. The largest absolute Gasteiger partial charge is 0.476 e. The highest BCUT2D eigenvalue weighted by Gasteiger charge is 2.22. The molecule has 0 aliphatic heterocycles. The van der Waals surface area contributed by atoms with Crippen molar-refractivity contribution >= 4 is 16.0 Å². The van der Waals surface area contributed by atoms with E-state index in [9.17, 15) is 13.2 Å². The lowest BCUT2D eigenvalue weighted by Gasteiger charge is -2.14. The predicted octanol–water partition coefficient (Wildman–Crippen LogP) is 0.821. The van der Waals surface area contributed by atoms with E-state index in [-0.39, 0.29) is 10.6 Å². The monoisotopic (exact) mass is 295 g/mol. The van der Waals surface area contributed by atoms with Crippen LogP contribution in [0.5, 0.6) is 0 Å².